The Kier molecular flexibility index (Phi) is 4.08. The van der Waals surface area contributed by atoms with Crippen LogP contribution in [0.3, 0.4) is 0 Å². The smallest absolute Gasteiger partial charge is 0.319 e. The van der Waals surface area contributed by atoms with Gasteiger partial charge < -0.3 is 15.1 Å². The van der Waals surface area contributed by atoms with Crippen LogP contribution in [-0.2, 0) is 0 Å². The number of benzene rings is 1. The lowest BCUT2D eigenvalue weighted by Gasteiger charge is -2.14. The molecular weight excluding hydrogens is 259 g/mol. The summed E-state index contributed by atoms with van der Waals surface area (Å²) in [5.74, 6) is 1.07. The van der Waals surface area contributed by atoms with Gasteiger partial charge in [0, 0.05) is 5.69 Å². The number of furan rings is 1. The van der Waals surface area contributed by atoms with E-state index in [1.54, 1.807) is 13.0 Å². The molecule has 1 heterocycles. The molecule has 0 aliphatic carbocycles. The van der Waals surface area contributed by atoms with Crippen molar-refractivity contribution in [3.8, 4) is 0 Å². The Balaban J connectivity index is 2.00. The lowest BCUT2D eigenvalue weighted by atomic mass is 10.2. The Morgan fingerprint density at radius 3 is 2.65 bits per heavy atom. The van der Waals surface area contributed by atoms with Crippen LogP contribution in [0.15, 0.2) is 34.7 Å². The van der Waals surface area contributed by atoms with E-state index in [1.807, 2.05) is 26.0 Å². The number of nitrogens with one attached hydrogen (secondary N) is 2. The fraction of sp³-hybridized carbons (Fsp3) is 0.267. The molecule has 0 saturated heterocycles. The molecule has 2 rings (SSSR count). The molecule has 1 aromatic heterocycles. The van der Waals surface area contributed by atoms with Crippen LogP contribution in [0.1, 0.15) is 30.0 Å². The average molecular weight is 276 g/mol. The minimum absolute atomic E-state index is 0.266. The molecule has 0 aliphatic heterocycles. The van der Waals surface area contributed by atoms with Crippen molar-refractivity contribution < 1.29 is 13.6 Å². The average Bonchev–Trinajstić information content (AvgIpc) is 2.80. The third kappa shape index (κ3) is 3.38. The summed E-state index contributed by atoms with van der Waals surface area (Å²) in [5, 5.41) is 5.37. The lowest BCUT2D eigenvalue weighted by Crippen LogP contribution is -2.31. The first-order valence-corrected chi connectivity index (χ1v) is 6.35. The largest absolute Gasteiger partial charge is 0.464 e. The summed E-state index contributed by atoms with van der Waals surface area (Å²) in [6.45, 7) is 5.46. The highest BCUT2D eigenvalue weighted by atomic mass is 19.1. The van der Waals surface area contributed by atoms with Crippen LogP contribution in [0.2, 0.25) is 0 Å². The summed E-state index contributed by atoms with van der Waals surface area (Å²) in [5.41, 5.74) is 1.24. The second-order valence-corrected chi connectivity index (χ2v) is 4.73. The van der Waals surface area contributed by atoms with Gasteiger partial charge in [0.1, 0.15) is 17.3 Å². The normalized spacial score (nSPS) is 12.0. The number of carbonyl (C=O) groups is 1. The van der Waals surface area contributed by atoms with Gasteiger partial charge in [-0.15, -0.1) is 0 Å². The van der Waals surface area contributed by atoms with Crippen LogP contribution in [-0.4, -0.2) is 6.03 Å². The first-order chi connectivity index (χ1) is 9.45. The third-order valence-corrected chi connectivity index (χ3v) is 2.98. The van der Waals surface area contributed by atoms with Crippen LogP contribution in [0, 0.1) is 19.7 Å². The van der Waals surface area contributed by atoms with Gasteiger partial charge >= 0.3 is 6.03 Å². The molecule has 1 unspecified atom stereocenters. The fourth-order valence-electron chi connectivity index (χ4n) is 1.84. The fourth-order valence-corrected chi connectivity index (χ4v) is 1.84. The second kappa shape index (κ2) is 5.77. The number of urea groups is 1. The van der Waals surface area contributed by atoms with Gasteiger partial charge in [-0.05, 0) is 50.6 Å². The van der Waals surface area contributed by atoms with E-state index in [1.165, 1.54) is 12.1 Å². The lowest BCUT2D eigenvalue weighted by molar-refractivity contribution is 0.247. The van der Waals surface area contributed by atoms with Crippen molar-refractivity contribution in [1.82, 2.24) is 5.32 Å². The number of hydrogen-bond donors (Lipinski definition) is 2. The molecule has 1 atom stereocenters. The number of halogens is 1. The van der Waals surface area contributed by atoms with Gasteiger partial charge in [0.25, 0.3) is 0 Å². The Morgan fingerprint density at radius 1 is 1.25 bits per heavy atom. The van der Waals surface area contributed by atoms with Crippen molar-refractivity contribution in [1.29, 1.82) is 0 Å². The Hall–Kier alpha value is -2.30. The molecule has 0 fully saturated rings. The molecule has 0 saturated carbocycles. The summed E-state index contributed by atoms with van der Waals surface area (Å²) in [6, 6.07) is 7.24. The maximum Gasteiger partial charge on any atom is 0.319 e. The molecule has 2 amide bonds. The molecule has 5 heteroatoms. The molecule has 0 aliphatic rings. The Labute approximate surface area is 117 Å². The molecule has 0 radical (unpaired) electrons. The van der Waals surface area contributed by atoms with Gasteiger partial charge in [0.2, 0.25) is 0 Å². The van der Waals surface area contributed by atoms with E-state index in [0.29, 0.717) is 11.4 Å². The molecule has 4 nitrogen and oxygen atoms in total. The number of rotatable bonds is 3. The maximum absolute atomic E-state index is 13.1. The van der Waals surface area contributed by atoms with Crippen LogP contribution in [0.25, 0.3) is 0 Å². The minimum Gasteiger partial charge on any atom is -0.464 e. The third-order valence-electron chi connectivity index (χ3n) is 2.98. The Bertz CT molecular complexity index is 622. The summed E-state index contributed by atoms with van der Waals surface area (Å²) >= 11 is 0. The van der Waals surface area contributed by atoms with Crippen molar-refractivity contribution in [3.05, 3.63) is 53.2 Å². The number of anilines is 1. The summed E-state index contributed by atoms with van der Waals surface area (Å²) in [6.07, 6.45) is 0. The summed E-state index contributed by atoms with van der Waals surface area (Å²) < 4.78 is 18.6. The Morgan fingerprint density at radius 2 is 2.00 bits per heavy atom. The van der Waals surface area contributed by atoms with E-state index in [9.17, 15) is 9.18 Å². The zero-order valence-electron chi connectivity index (χ0n) is 11.7. The van der Waals surface area contributed by atoms with Gasteiger partial charge in [-0.3, -0.25) is 0 Å². The van der Waals surface area contributed by atoms with Gasteiger partial charge in [-0.1, -0.05) is 6.07 Å². The molecule has 1 aromatic carbocycles. The van der Waals surface area contributed by atoms with Crippen LogP contribution in [0.5, 0.6) is 0 Å². The molecular formula is C15H17FN2O2. The van der Waals surface area contributed by atoms with Crippen molar-refractivity contribution >= 4 is 11.7 Å². The predicted octanol–water partition coefficient (Wildman–Crippen LogP) is 3.92. The zero-order chi connectivity index (χ0) is 14.7. The first kappa shape index (κ1) is 14.1. The molecule has 2 N–H and O–H groups in total. The van der Waals surface area contributed by atoms with Crippen molar-refractivity contribution in [2.24, 2.45) is 0 Å². The van der Waals surface area contributed by atoms with E-state index in [-0.39, 0.29) is 11.9 Å². The molecule has 2 aromatic rings. The standard InChI is InChI=1S/C15H17FN2O2/c1-9-4-6-12(16)8-13(9)18-15(19)17-11(3)14-7-5-10(2)20-14/h4-8,11H,1-3H3,(H2,17,18,19). The predicted molar refractivity (Wildman–Crippen MR) is 75.2 cm³/mol. The van der Waals surface area contributed by atoms with Crippen molar-refractivity contribution in [3.63, 3.8) is 0 Å². The van der Waals surface area contributed by atoms with Gasteiger partial charge in [0.15, 0.2) is 0 Å². The number of amides is 2. The van der Waals surface area contributed by atoms with Gasteiger partial charge in [-0.25, -0.2) is 9.18 Å². The van der Waals surface area contributed by atoms with E-state index < -0.39 is 6.03 Å². The first-order valence-electron chi connectivity index (χ1n) is 6.35. The highest BCUT2D eigenvalue weighted by Gasteiger charge is 2.13. The minimum atomic E-state index is -0.403. The summed E-state index contributed by atoms with van der Waals surface area (Å²) in [7, 11) is 0. The molecule has 20 heavy (non-hydrogen) atoms. The molecule has 0 bridgehead atoms. The van der Waals surface area contributed by atoms with E-state index in [2.05, 4.69) is 10.6 Å². The van der Waals surface area contributed by atoms with Crippen LogP contribution in [0.4, 0.5) is 14.9 Å². The van der Waals surface area contributed by atoms with E-state index in [0.717, 1.165) is 11.3 Å². The monoisotopic (exact) mass is 276 g/mol. The van der Waals surface area contributed by atoms with Gasteiger partial charge in [-0.2, -0.15) is 0 Å². The number of aryl methyl sites for hydroxylation is 2. The van der Waals surface area contributed by atoms with Crippen LogP contribution < -0.4 is 10.6 Å². The second-order valence-electron chi connectivity index (χ2n) is 4.73. The van der Waals surface area contributed by atoms with Crippen LogP contribution >= 0.6 is 0 Å². The quantitative estimate of drug-likeness (QED) is 0.892. The molecule has 0 spiro atoms. The topological polar surface area (TPSA) is 54.3 Å². The highest BCUT2D eigenvalue weighted by molar-refractivity contribution is 5.90. The zero-order valence-corrected chi connectivity index (χ0v) is 11.7. The van der Waals surface area contributed by atoms with Crippen molar-refractivity contribution in [2.75, 3.05) is 5.32 Å². The summed E-state index contributed by atoms with van der Waals surface area (Å²) in [4.78, 5) is 11.9. The SMILES string of the molecule is Cc1ccc(C(C)NC(=O)Nc2cc(F)ccc2C)o1. The highest BCUT2D eigenvalue weighted by Crippen LogP contribution is 2.18. The van der Waals surface area contributed by atoms with Crippen molar-refractivity contribution in [2.45, 2.75) is 26.8 Å². The van der Waals surface area contributed by atoms with E-state index in [4.69, 9.17) is 4.42 Å². The van der Waals surface area contributed by atoms with Gasteiger partial charge in [0.05, 0.1) is 6.04 Å². The number of hydrogen-bond acceptors (Lipinski definition) is 2. The number of carbonyl (C=O) groups excluding carboxylic acids is 1. The molecule has 106 valence electrons. The van der Waals surface area contributed by atoms with E-state index >= 15 is 0 Å². The maximum atomic E-state index is 13.1.